The summed E-state index contributed by atoms with van der Waals surface area (Å²) in [5.41, 5.74) is 0.882. The normalized spacial score (nSPS) is 12.3. The molecule has 1 heterocycles. The van der Waals surface area contributed by atoms with Gasteiger partial charge in [0.25, 0.3) is 0 Å². The quantitative estimate of drug-likeness (QED) is 0.650. The third-order valence-corrected chi connectivity index (χ3v) is 1.26. The van der Waals surface area contributed by atoms with Gasteiger partial charge in [-0.3, -0.25) is 0 Å². The van der Waals surface area contributed by atoms with Crippen molar-refractivity contribution in [1.29, 1.82) is 0 Å². The van der Waals surface area contributed by atoms with Crippen molar-refractivity contribution in [1.82, 2.24) is 20.2 Å². The fourth-order valence-electron chi connectivity index (χ4n) is 0.709. The second-order valence-electron chi connectivity index (χ2n) is 2.51. The van der Waals surface area contributed by atoms with E-state index in [1.165, 1.54) is 11.0 Å². The highest BCUT2D eigenvalue weighted by Crippen LogP contribution is 2.01. The minimum Gasteiger partial charge on any atom is -0.237 e. The lowest BCUT2D eigenvalue weighted by Crippen LogP contribution is -1.96. The average Bonchev–Trinajstić information content (AvgIpc) is 2.58. The zero-order valence-electron chi connectivity index (χ0n) is 7.68. The molecule has 0 aromatic carbocycles. The number of rotatable bonds is 3. The number of hydrogen-bond acceptors (Lipinski definition) is 4. The Bertz CT molecular complexity index is 333. The van der Waals surface area contributed by atoms with Gasteiger partial charge in [-0.05, 0) is 35.9 Å². The highest BCUT2D eigenvalue weighted by Gasteiger charge is 1.95. The number of nitrogens with zero attached hydrogens (tertiary/aromatic N) is 5. The summed E-state index contributed by atoms with van der Waals surface area (Å²) in [7, 11) is 0. The Balaban J connectivity index is 2.83. The Hall–Kier alpha value is -1.78. The van der Waals surface area contributed by atoms with E-state index in [1.807, 2.05) is 19.9 Å². The zero-order valence-corrected chi connectivity index (χ0v) is 7.68. The van der Waals surface area contributed by atoms with Crippen LogP contribution in [0.15, 0.2) is 29.5 Å². The Kier molecular flexibility index (Phi) is 3.08. The number of hydrogen-bond donors (Lipinski definition) is 0. The van der Waals surface area contributed by atoms with Crippen molar-refractivity contribution in [2.45, 2.75) is 13.8 Å². The smallest absolute Gasteiger partial charge is 0.152 e. The SMILES string of the molecule is C=C(C)C=N/C(=C\C)n1cnnn1. The molecule has 0 bridgehead atoms. The van der Waals surface area contributed by atoms with Gasteiger partial charge in [-0.15, -0.1) is 5.10 Å². The van der Waals surface area contributed by atoms with Crippen molar-refractivity contribution in [3.05, 3.63) is 24.6 Å². The molecule has 5 nitrogen and oxygen atoms in total. The van der Waals surface area contributed by atoms with E-state index in [2.05, 4.69) is 27.1 Å². The zero-order chi connectivity index (χ0) is 9.68. The molecule has 0 aliphatic rings. The maximum absolute atomic E-state index is 4.14. The van der Waals surface area contributed by atoms with E-state index in [1.54, 1.807) is 6.21 Å². The van der Waals surface area contributed by atoms with Crippen molar-refractivity contribution >= 4 is 12.0 Å². The van der Waals surface area contributed by atoms with Crippen LogP contribution in [-0.2, 0) is 0 Å². The van der Waals surface area contributed by atoms with E-state index in [0.29, 0.717) is 5.82 Å². The number of tetrazole rings is 1. The highest BCUT2D eigenvalue weighted by atomic mass is 15.5. The molecule has 0 amide bonds. The standard InChI is InChI=1S/C8H11N5/c1-4-8(9-5-7(2)3)13-6-10-11-12-13/h4-6H,2H2,1,3H3/b8-4+,9-5?. The predicted molar refractivity (Wildman–Crippen MR) is 51.1 cm³/mol. The van der Waals surface area contributed by atoms with Crippen LogP contribution in [0.25, 0.3) is 5.82 Å². The molecular weight excluding hydrogens is 166 g/mol. The molecule has 1 rings (SSSR count). The average molecular weight is 177 g/mol. The molecule has 68 valence electrons. The Morgan fingerprint density at radius 2 is 2.38 bits per heavy atom. The maximum atomic E-state index is 4.14. The third-order valence-electron chi connectivity index (χ3n) is 1.26. The minimum atomic E-state index is 0.674. The minimum absolute atomic E-state index is 0.674. The molecule has 0 aliphatic carbocycles. The molecule has 0 saturated carbocycles. The third kappa shape index (κ3) is 2.62. The van der Waals surface area contributed by atoms with E-state index in [9.17, 15) is 0 Å². The molecule has 1 aromatic rings. The highest BCUT2D eigenvalue weighted by molar-refractivity contribution is 5.80. The molecule has 0 saturated heterocycles. The largest absolute Gasteiger partial charge is 0.237 e. The summed E-state index contributed by atoms with van der Waals surface area (Å²) in [5, 5.41) is 10.7. The second-order valence-corrected chi connectivity index (χ2v) is 2.51. The van der Waals surface area contributed by atoms with E-state index < -0.39 is 0 Å². The second kappa shape index (κ2) is 4.30. The van der Waals surface area contributed by atoms with Crippen molar-refractivity contribution in [3.63, 3.8) is 0 Å². The van der Waals surface area contributed by atoms with Gasteiger partial charge in [-0.25, -0.2) is 4.99 Å². The molecule has 0 spiro atoms. The van der Waals surface area contributed by atoms with Crippen LogP contribution in [0.2, 0.25) is 0 Å². The molecule has 1 aromatic heterocycles. The fraction of sp³-hybridized carbons (Fsp3) is 0.250. The predicted octanol–water partition coefficient (Wildman–Crippen LogP) is 1.14. The summed E-state index contributed by atoms with van der Waals surface area (Å²) in [4.78, 5) is 4.14. The summed E-state index contributed by atoms with van der Waals surface area (Å²) >= 11 is 0. The van der Waals surface area contributed by atoms with Crippen LogP contribution in [0.5, 0.6) is 0 Å². The summed E-state index contributed by atoms with van der Waals surface area (Å²) in [5.74, 6) is 0.674. The van der Waals surface area contributed by atoms with Crippen LogP contribution in [0.4, 0.5) is 0 Å². The number of aliphatic imine (C=N–C) groups is 1. The van der Waals surface area contributed by atoms with Crippen molar-refractivity contribution < 1.29 is 0 Å². The lowest BCUT2D eigenvalue weighted by atomic mass is 10.4. The van der Waals surface area contributed by atoms with Gasteiger partial charge < -0.3 is 0 Å². The Morgan fingerprint density at radius 1 is 1.62 bits per heavy atom. The first-order valence-corrected chi connectivity index (χ1v) is 3.83. The van der Waals surface area contributed by atoms with Crippen LogP contribution < -0.4 is 0 Å². The number of allylic oxidation sites excluding steroid dienone is 2. The summed E-state index contributed by atoms with van der Waals surface area (Å²) < 4.78 is 1.49. The molecule has 0 fully saturated rings. The van der Waals surface area contributed by atoms with Crippen molar-refractivity contribution in [2.24, 2.45) is 4.99 Å². The maximum Gasteiger partial charge on any atom is 0.152 e. The molecule has 13 heavy (non-hydrogen) atoms. The summed E-state index contributed by atoms with van der Waals surface area (Å²) in [6, 6.07) is 0. The summed E-state index contributed by atoms with van der Waals surface area (Å²) in [6.45, 7) is 7.44. The molecule has 0 unspecified atom stereocenters. The van der Waals surface area contributed by atoms with Gasteiger partial charge in [0.1, 0.15) is 6.33 Å². The Morgan fingerprint density at radius 3 is 2.85 bits per heavy atom. The lowest BCUT2D eigenvalue weighted by Gasteiger charge is -1.96. The fourth-order valence-corrected chi connectivity index (χ4v) is 0.709. The molecule has 0 aliphatic heterocycles. The van der Waals surface area contributed by atoms with Crippen LogP contribution in [0.3, 0.4) is 0 Å². The van der Waals surface area contributed by atoms with Crippen molar-refractivity contribution in [2.75, 3.05) is 0 Å². The van der Waals surface area contributed by atoms with Gasteiger partial charge in [0.05, 0.1) is 0 Å². The Labute approximate surface area is 76.5 Å². The summed E-state index contributed by atoms with van der Waals surface area (Å²) in [6.07, 6.45) is 4.97. The first-order chi connectivity index (χ1) is 6.24. The van der Waals surface area contributed by atoms with Crippen LogP contribution in [-0.4, -0.2) is 26.4 Å². The molecule has 5 heteroatoms. The first-order valence-electron chi connectivity index (χ1n) is 3.83. The first kappa shape index (κ1) is 9.31. The monoisotopic (exact) mass is 177 g/mol. The van der Waals surface area contributed by atoms with Crippen LogP contribution in [0, 0.1) is 0 Å². The lowest BCUT2D eigenvalue weighted by molar-refractivity contribution is 0.794. The van der Waals surface area contributed by atoms with Crippen LogP contribution >= 0.6 is 0 Å². The molecular formula is C8H11N5. The van der Waals surface area contributed by atoms with Gasteiger partial charge in [0.15, 0.2) is 5.82 Å². The topological polar surface area (TPSA) is 56.0 Å². The van der Waals surface area contributed by atoms with Crippen LogP contribution in [0.1, 0.15) is 13.8 Å². The van der Waals surface area contributed by atoms with E-state index >= 15 is 0 Å². The number of aromatic nitrogens is 4. The van der Waals surface area contributed by atoms with Gasteiger partial charge in [-0.2, -0.15) is 4.68 Å². The molecule has 0 radical (unpaired) electrons. The van der Waals surface area contributed by atoms with Crippen molar-refractivity contribution in [3.8, 4) is 0 Å². The van der Waals surface area contributed by atoms with E-state index in [-0.39, 0.29) is 0 Å². The molecule has 0 N–H and O–H groups in total. The van der Waals surface area contributed by atoms with Gasteiger partial charge >= 0.3 is 0 Å². The van der Waals surface area contributed by atoms with Gasteiger partial charge in [0, 0.05) is 6.21 Å². The molecule has 0 atom stereocenters. The van der Waals surface area contributed by atoms with Gasteiger partial charge in [0.2, 0.25) is 0 Å². The van der Waals surface area contributed by atoms with E-state index in [0.717, 1.165) is 5.57 Å². The van der Waals surface area contributed by atoms with E-state index in [4.69, 9.17) is 0 Å². The van der Waals surface area contributed by atoms with Gasteiger partial charge in [-0.1, -0.05) is 6.58 Å².